The number of nitrogens with zero attached hydrogens (tertiary/aromatic N) is 9. The van der Waals surface area contributed by atoms with Crippen molar-refractivity contribution in [1.29, 1.82) is 0 Å². The number of likely N-dealkylation sites (tertiary alicyclic amines) is 1. The van der Waals surface area contributed by atoms with E-state index in [4.69, 9.17) is 31.3 Å². The van der Waals surface area contributed by atoms with Gasteiger partial charge in [-0.1, -0.05) is 13.8 Å². The maximum absolute atomic E-state index is 12.8. The van der Waals surface area contributed by atoms with Crippen molar-refractivity contribution < 1.29 is 19.1 Å². The molecule has 10 heterocycles. The first-order valence-corrected chi connectivity index (χ1v) is 21.1. The fourth-order valence-electron chi connectivity index (χ4n) is 8.49. The van der Waals surface area contributed by atoms with E-state index in [9.17, 15) is 19.2 Å². The predicted octanol–water partition coefficient (Wildman–Crippen LogP) is 3.68. The molecule has 10 rings (SSSR count). The molecule has 4 atom stereocenters. The molecule has 0 radical (unpaired) electrons. The third-order valence-electron chi connectivity index (χ3n) is 12.0. The van der Waals surface area contributed by atoms with Crippen molar-refractivity contribution in [3.8, 4) is 0 Å². The number of imidazole rings is 2. The minimum Gasteiger partial charge on any atom is -0.381 e. The normalized spacial score (nSPS) is 22.1. The van der Waals surface area contributed by atoms with Crippen LogP contribution >= 0.6 is 11.6 Å². The van der Waals surface area contributed by atoms with E-state index in [1.165, 1.54) is 12.4 Å². The van der Waals surface area contributed by atoms with Crippen molar-refractivity contribution in [2.45, 2.75) is 63.2 Å². The lowest BCUT2D eigenvalue weighted by molar-refractivity contribution is 0.0786. The Hall–Kier alpha value is -5.69. The van der Waals surface area contributed by atoms with Crippen LogP contribution in [0.25, 0.3) is 11.0 Å². The Kier molecular flexibility index (Phi) is 13.0. The van der Waals surface area contributed by atoms with Gasteiger partial charge in [-0.15, -0.1) is 0 Å². The van der Waals surface area contributed by atoms with Gasteiger partial charge in [-0.25, -0.2) is 19.0 Å². The summed E-state index contributed by atoms with van der Waals surface area (Å²) in [5.74, 6) is 4.45. The molecule has 4 fully saturated rings. The Bertz CT molecular complexity index is 2570. The Labute approximate surface area is 355 Å². The van der Waals surface area contributed by atoms with Gasteiger partial charge in [0.05, 0.1) is 12.4 Å². The van der Waals surface area contributed by atoms with E-state index in [0.717, 1.165) is 69.5 Å². The van der Waals surface area contributed by atoms with E-state index in [1.54, 1.807) is 58.1 Å². The van der Waals surface area contributed by atoms with Crippen molar-refractivity contribution in [3.05, 3.63) is 117 Å². The molecular weight excluding hydrogens is 804 g/mol. The van der Waals surface area contributed by atoms with Crippen LogP contribution in [-0.2, 0) is 9.47 Å². The lowest BCUT2D eigenvalue weighted by Crippen LogP contribution is -2.29. The summed E-state index contributed by atoms with van der Waals surface area (Å²) in [6.07, 6.45) is 13.1. The zero-order chi connectivity index (χ0) is 42.5. The molecule has 61 heavy (non-hydrogen) atoms. The Morgan fingerprint density at radius 1 is 0.672 bits per heavy atom. The van der Waals surface area contributed by atoms with Gasteiger partial charge < -0.3 is 29.7 Å². The van der Waals surface area contributed by atoms with Crippen molar-refractivity contribution >= 4 is 33.8 Å². The number of carbonyl (C=O) groups excluding carboxylic acids is 2. The number of halogens is 1. The molecule has 0 spiro atoms. The Balaban J connectivity index is 0.000000144. The number of aromatic nitrogens is 10. The maximum Gasteiger partial charge on any atom is 0.276 e. The van der Waals surface area contributed by atoms with Gasteiger partial charge in [-0.05, 0) is 79.9 Å². The number of H-pyrrole nitrogens is 2. The number of carbonyl (C=O) groups is 2. The number of amides is 1. The van der Waals surface area contributed by atoms with Crippen LogP contribution in [0.2, 0.25) is 0 Å². The summed E-state index contributed by atoms with van der Waals surface area (Å²) >= 11 is 5.14. The predicted molar refractivity (Wildman–Crippen MR) is 224 cm³/mol. The first-order chi connectivity index (χ1) is 29.7. The standard InChI is InChI=1S/C21H24N6O3.C15H21N5O2.C6H4ClNO/c1-13-11-26(21(29)15-2-6-22-7-3-15)12-16(13)18-24-20(28)17-10-23-19(27(17)25-18)14-4-8-30-9-5-14;1-9-6-16-7-11(9)13-18-15(21)12-8-17-14(20(12)19-13)10-2-4-22-5-3-10;7-6(9)5-1-3-8-4-2-5/h2-3,6-7,10,13-14,16H,4-5,8-9,11-12H2,1H3,(H,24,25,28);8-11,16H,2-7H2,1H3,(H,18,19,21);1-4H. The molecule has 3 N–H and O–H groups in total. The second kappa shape index (κ2) is 18.9. The van der Waals surface area contributed by atoms with Gasteiger partial charge >= 0.3 is 0 Å². The van der Waals surface area contributed by atoms with E-state index < -0.39 is 5.24 Å². The molecule has 18 nitrogen and oxygen atoms in total. The van der Waals surface area contributed by atoms with Crippen LogP contribution in [0.4, 0.5) is 0 Å². The highest BCUT2D eigenvalue weighted by molar-refractivity contribution is 6.67. The minimum absolute atomic E-state index is 0.0271. The quantitative estimate of drug-likeness (QED) is 0.204. The van der Waals surface area contributed by atoms with Crippen molar-refractivity contribution in [2.24, 2.45) is 11.8 Å². The molecule has 6 aromatic heterocycles. The molecule has 0 aromatic carbocycles. The summed E-state index contributed by atoms with van der Waals surface area (Å²) in [6.45, 7) is 10.1. The highest BCUT2D eigenvalue weighted by Gasteiger charge is 2.36. The SMILES string of the molecule is CC1CN(C(=O)c2ccncc2)CC1c1nn2c(C3CCOCC3)ncc2c(=O)[nH]1.CC1CNCC1c1nn2c(C3CCOCC3)ncc2c(=O)[nH]1.O=C(Cl)c1ccncc1. The average Bonchev–Trinajstić information content (AvgIpc) is 4.11. The highest BCUT2D eigenvalue weighted by atomic mass is 35.5. The van der Waals surface area contributed by atoms with Gasteiger partial charge in [0.15, 0.2) is 11.0 Å². The molecule has 0 bridgehead atoms. The number of fused-ring (bicyclic) bond motifs is 2. The largest absolute Gasteiger partial charge is 0.381 e. The number of nitrogens with one attached hydrogen (secondary N) is 3. The minimum atomic E-state index is -0.447. The Morgan fingerprint density at radius 3 is 1.62 bits per heavy atom. The fourth-order valence-corrected chi connectivity index (χ4v) is 8.62. The number of ether oxygens (including phenoxy) is 2. The molecule has 19 heteroatoms. The summed E-state index contributed by atoms with van der Waals surface area (Å²) in [5, 5.41) is 12.4. The number of hydrogen-bond acceptors (Lipinski definition) is 13. The van der Waals surface area contributed by atoms with Gasteiger partial charge in [0.25, 0.3) is 22.3 Å². The second-order valence-corrected chi connectivity index (χ2v) is 16.4. The van der Waals surface area contributed by atoms with Crippen LogP contribution in [-0.4, -0.2) is 118 Å². The summed E-state index contributed by atoms with van der Waals surface area (Å²) in [4.78, 5) is 72.7. The first-order valence-electron chi connectivity index (χ1n) is 20.8. The van der Waals surface area contributed by atoms with Crippen LogP contribution in [0.15, 0.2) is 71.0 Å². The molecule has 4 aliphatic rings. The summed E-state index contributed by atoms with van der Waals surface area (Å²) in [6, 6.07) is 6.57. The average molecular weight is 853 g/mol. The van der Waals surface area contributed by atoms with E-state index in [0.29, 0.717) is 66.1 Å². The number of aromatic amines is 2. The number of pyridine rings is 2. The van der Waals surface area contributed by atoms with Gasteiger partial charge in [-0.3, -0.25) is 29.1 Å². The topological polar surface area (TPSA) is 220 Å². The van der Waals surface area contributed by atoms with E-state index in [2.05, 4.69) is 49.1 Å². The molecule has 0 aliphatic carbocycles. The number of hydrogen-bond donors (Lipinski definition) is 3. The summed E-state index contributed by atoms with van der Waals surface area (Å²) in [5.41, 5.74) is 1.78. The van der Waals surface area contributed by atoms with Crippen molar-refractivity contribution in [2.75, 3.05) is 52.6 Å². The third-order valence-corrected chi connectivity index (χ3v) is 12.2. The van der Waals surface area contributed by atoms with Gasteiger partial charge in [-0.2, -0.15) is 10.2 Å². The highest BCUT2D eigenvalue weighted by Crippen LogP contribution is 2.32. The first kappa shape index (κ1) is 42.0. The molecular formula is C42H49ClN12O6. The van der Waals surface area contributed by atoms with E-state index in [-0.39, 0.29) is 40.7 Å². The van der Waals surface area contributed by atoms with Crippen molar-refractivity contribution in [3.63, 3.8) is 0 Å². The fraction of sp³-hybridized carbons (Fsp3) is 0.476. The molecule has 320 valence electrons. The summed E-state index contributed by atoms with van der Waals surface area (Å²) in [7, 11) is 0. The van der Waals surface area contributed by atoms with Gasteiger partial charge in [0.1, 0.15) is 23.3 Å². The van der Waals surface area contributed by atoms with Crippen LogP contribution < -0.4 is 16.4 Å². The van der Waals surface area contributed by atoms with E-state index >= 15 is 0 Å². The molecule has 4 unspecified atom stereocenters. The van der Waals surface area contributed by atoms with Gasteiger partial charge in [0, 0.05) is 106 Å². The zero-order valence-electron chi connectivity index (χ0n) is 34.1. The maximum atomic E-state index is 12.8. The third kappa shape index (κ3) is 9.31. The lowest BCUT2D eigenvalue weighted by Gasteiger charge is -2.21. The van der Waals surface area contributed by atoms with Crippen LogP contribution in [0.5, 0.6) is 0 Å². The second-order valence-electron chi connectivity index (χ2n) is 16.1. The molecule has 1 amide bonds. The summed E-state index contributed by atoms with van der Waals surface area (Å²) < 4.78 is 14.3. The van der Waals surface area contributed by atoms with Crippen LogP contribution in [0.3, 0.4) is 0 Å². The molecule has 4 aliphatic heterocycles. The van der Waals surface area contributed by atoms with Crippen LogP contribution in [0.1, 0.15) is 107 Å². The Morgan fingerprint density at radius 2 is 1.16 bits per heavy atom. The van der Waals surface area contributed by atoms with E-state index in [1.807, 2.05) is 4.90 Å². The van der Waals surface area contributed by atoms with Gasteiger partial charge in [0.2, 0.25) is 0 Å². The molecule has 4 saturated heterocycles. The molecule has 6 aromatic rings. The van der Waals surface area contributed by atoms with Crippen LogP contribution in [0, 0.1) is 11.8 Å². The number of rotatable bonds is 6. The zero-order valence-corrected chi connectivity index (χ0v) is 34.8. The van der Waals surface area contributed by atoms with Crippen molar-refractivity contribution in [1.82, 2.24) is 59.3 Å². The lowest BCUT2D eigenvalue weighted by atomic mass is 9.97. The monoisotopic (exact) mass is 852 g/mol. The molecule has 0 saturated carbocycles. The smallest absolute Gasteiger partial charge is 0.276 e.